The molecule has 0 aliphatic heterocycles. The van der Waals surface area contributed by atoms with Gasteiger partial charge < -0.3 is 5.11 Å². The van der Waals surface area contributed by atoms with Gasteiger partial charge in [0.05, 0.1) is 0 Å². The Morgan fingerprint density at radius 1 is 1.42 bits per heavy atom. The van der Waals surface area contributed by atoms with Crippen LogP contribution in [0.5, 0.6) is 0 Å². The first-order valence-corrected chi connectivity index (χ1v) is 4.01. The van der Waals surface area contributed by atoms with E-state index in [1.807, 2.05) is 33.8 Å². The Bertz CT molecular complexity index is 293. The molecule has 66 valence electrons. The van der Waals surface area contributed by atoms with Crippen LogP contribution < -0.4 is 0 Å². The molecule has 0 unspecified atom stereocenters. The van der Waals surface area contributed by atoms with Gasteiger partial charge in [0.2, 0.25) is 0 Å². The quantitative estimate of drug-likeness (QED) is 0.649. The lowest BCUT2D eigenvalue weighted by Crippen LogP contribution is -2.19. The summed E-state index contributed by atoms with van der Waals surface area (Å²) in [7, 11) is 0. The van der Waals surface area contributed by atoms with Crippen molar-refractivity contribution in [2.45, 2.75) is 27.7 Å². The van der Waals surface area contributed by atoms with Crippen LogP contribution in [0.25, 0.3) is 0 Å². The summed E-state index contributed by atoms with van der Waals surface area (Å²) in [5, 5.41) is 8.95. The van der Waals surface area contributed by atoms with Crippen molar-refractivity contribution in [1.82, 2.24) is 0 Å². The van der Waals surface area contributed by atoms with Crippen LogP contribution in [-0.4, -0.2) is 11.1 Å². The molecule has 2 nitrogen and oxygen atoms in total. The first-order valence-electron chi connectivity index (χ1n) is 4.01. The predicted octanol–water partition coefficient (Wildman–Crippen LogP) is 2.37. The molecule has 0 heterocycles. The van der Waals surface area contributed by atoms with Crippen LogP contribution >= 0.6 is 0 Å². The van der Waals surface area contributed by atoms with Crippen LogP contribution in [-0.2, 0) is 4.79 Å². The van der Waals surface area contributed by atoms with Gasteiger partial charge in [-0.2, -0.15) is 0 Å². The van der Waals surface area contributed by atoms with Gasteiger partial charge in [0, 0.05) is 11.0 Å². The number of hydrogen-bond acceptors (Lipinski definition) is 1. The Morgan fingerprint density at radius 3 is 2.08 bits per heavy atom. The van der Waals surface area contributed by atoms with E-state index in [1.54, 1.807) is 0 Å². The fourth-order valence-electron chi connectivity index (χ4n) is 1.70. The third kappa shape index (κ3) is 1.07. The summed E-state index contributed by atoms with van der Waals surface area (Å²) in [5.41, 5.74) is 2.23. The van der Waals surface area contributed by atoms with Crippen molar-refractivity contribution >= 4 is 5.97 Å². The predicted molar refractivity (Wildman–Crippen MR) is 47.9 cm³/mol. The van der Waals surface area contributed by atoms with Crippen molar-refractivity contribution in [3.8, 4) is 0 Å². The van der Waals surface area contributed by atoms with Gasteiger partial charge in [-0.1, -0.05) is 25.5 Å². The second-order valence-electron chi connectivity index (χ2n) is 3.82. The minimum Gasteiger partial charge on any atom is -0.478 e. The Kier molecular flexibility index (Phi) is 1.86. The van der Waals surface area contributed by atoms with E-state index in [9.17, 15) is 4.79 Å². The van der Waals surface area contributed by atoms with Gasteiger partial charge in [0.1, 0.15) is 0 Å². The van der Waals surface area contributed by atoms with E-state index in [2.05, 4.69) is 0 Å². The Morgan fingerprint density at radius 2 is 1.92 bits per heavy atom. The average molecular weight is 166 g/mol. The average Bonchev–Trinajstić information content (AvgIpc) is 2.02. The molecule has 0 bridgehead atoms. The molecule has 1 N–H and O–H groups in total. The molecule has 0 aromatic heterocycles. The molecule has 1 aliphatic rings. The molecule has 1 rings (SSSR count). The van der Waals surface area contributed by atoms with Crippen molar-refractivity contribution in [3.05, 3.63) is 22.8 Å². The number of carbonyl (C=O) groups is 1. The standard InChI is InChI=1S/C10H14O2/c1-6-5-7(2)10(3,4)8(6)9(11)12/h5H,1-4H3,(H,11,12). The van der Waals surface area contributed by atoms with E-state index in [0.29, 0.717) is 5.57 Å². The molecular formula is C10H14O2. The molecule has 0 spiro atoms. The molecule has 12 heavy (non-hydrogen) atoms. The molecule has 0 aromatic carbocycles. The molecule has 0 amide bonds. The smallest absolute Gasteiger partial charge is 0.332 e. The second-order valence-corrected chi connectivity index (χ2v) is 3.82. The number of rotatable bonds is 1. The highest BCUT2D eigenvalue weighted by atomic mass is 16.4. The maximum Gasteiger partial charge on any atom is 0.332 e. The molecule has 0 radical (unpaired) electrons. The highest BCUT2D eigenvalue weighted by Crippen LogP contribution is 2.42. The summed E-state index contributed by atoms with van der Waals surface area (Å²) in [6, 6.07) is 0. The van der Waals surface area contributed by atoms with Gasteiger partial charge in [0.15, 0.2) is 0 Å². The first-order chi connectivity index (χ1) is 5.37. The number of carboxylic acids is 1. The van der Waals surface area contributed by atoms with Gasteiger partial charge in [-0.05, 0) is 19.4 Å². The molecule has 0 fully saturated rings. The van der Waals surface area contributed by atoms with Crippen LogP contribution in [0.1, 0.15) is 27.7 Å². The monoisotopic (exact) mass is 166 g/mol. The third-order valence-corrected chi connectivity index (χ3v) is 2.65. The maximum atomic E-state index is 10.9. The Labute approximate surface area is 72.6 Å². The molecule has 0 aromatic rings. The topological polar surface area (TPSA) is 37.3 Å². The number of allylic oxidation sites excluding steroid dienone is 3. The SMILES string of the molecule is CC1=CC(C)=C(C(=O)O)C1(C)C. The fraction of sp³-hybridized carbons (Fsp3) is 0.500. The minimum absolute atomic E-state index is 0.296. The van der Waals surface area contributed by atoms with Crippen molar-refractivity contribution in [3.63, 3.8) is 0 Å². The maximum absolute atomic E-state index is 10.9. The Hall–Kier alpha value is -1.05. The fourth-order valence-corrected chi connectivity index (χ4v) is 1.70. The summed E-state index contributed by atoms with van der Waals surface area (Å²) >= 11 is 0. The van der Waals surface area contributed by atoms with Gasteiger partial charge in [0.25, 0.3) is 0 Å². The zero-order valence-corrected chi connectivity index (χ0v) is 7.93. The van der Waals surface area contributed by atoms with Gasteiger partial charge in [-0.25, -0.2) is 4.79 Å². The highest BCUT2D eigenvalue weighted by molar-refractivity contribution is 5.91. The first kappa shape index (κ1) is 9.04. The van der Waals surface area contributed by atoms with Crippen molar-refractivity contribution in [2.24, 2.45) is 5.41 Å². The second kappa shape index (κ2) is 2.47. The lowest BCUT2D eigenvalue weighted by Gasteiger charge is -2.22. The summed E-state index contributed by atoms with van der Waals surface area (Å²) in [6.07, 6.45) is 1.95. The minimum atomic E-state index is -0.800. The van der Waals surface area contributed by atoms with Crippen LogP contribution in [0.3, 0.4) is 0 Å². The summed E-state index contributed by atoms with van der Waals surface area (Å²) in [4.78, 5) is 10.9. The largest absolute Gasteiger partial charge is 0.478 e. The summed E-state index contributed by atoms with van der Waals surface area (Å²) in [5.74, 6) is -0.800. The zero-order chi connectivity index (χ0) is 9.52. The number of aliphatic carboxylic acids is 1. The van der Waals surface area contributed by atoms with Crippen LogP contribution in [0.15, 0.2) is 22.8 Å². The summed E-state index contributed by atoms with van der Waals surface area (Å²) in [6.45, 7) is 7.71. The molecule has 0 saturated carbocycles. The van der Waals surface area contributed by atoms with Crippen molar-refractivity contribution in [1.29, 1.82) is 0 Å². The van der Waals surface area contributed by atoms with Crippen molar-refractivity contribution < 1.29 is 9.90 Å². The molecule has 1 aliphatic carbocycles. The van der Waals surface area contributed by atoms with Gasteiger partial charge >= 0.3 is 5.97 Å². The third-order valence-electron chi connectivity index (χ3n) is 2.65. The highest BCUT2D eigenvalue weighted by Gasteiger charge is 2.35. The van der Waals surface area contributed by atoms with Crippen LogP contribution in [0.4, 0.5) is 0 Å². The molecule has 0 saturated heterocycles. The summed E-state index contributed by atoms with van der Waals surface area (Å²) < 4.78 is 0. The van der Waals surface area contributed by atoms with E-state index in [1.165, 1.54) is 0 Å². The molecule has 2 heteroatoms. The van der Waals surface area contributed by atoms with Crippen LogP contribution in [0.2, 0.25) is 0 Å². The van der Waals surface area contributed by atoms with E-state index < -0.39 is 5.97 Å². The Balaban J connectivity index is 3.21. The molecular weight excluding hydrogens is 152 g/mol. The van der Waals surface area contributed by atoms with Gasteiger partial charge in [-0.15, -0.1) is 0 Å². The number of carboxylic acid groups (broad SMARTS) is 1. The van der Waals surface area contributed by atoms with E-state index in [4.69, 9.17) is 5.11 Å². The van der Waals surface area contributed by atoms with Crippen LogP contribution in [0, 0.1) is 5.41 Å². The van der Waals surface area contributed by atoms with E-state index in [-0.39, 0.29) is 5.41 Å². The zero-order valence-electron chi connectivity index (χ0n) is 7.93. The normalized spacial score (nSPS) is 21.2. The van der Waals surface area contributed by atoms with Gasteiger partial charge in [-0.3, -0.25) is 0 Å². The van der Waals surface area contributed by atoms with E-state index in [0.717, 1.165) is 11.1 Å². The van der Waals surface area contributed by atoms with Crippen molar-refractivity contribution in [2.75, 3.05) is 0 Å². The van der Waals surface area contributed by atoms with E-state index >= 15 is 0 Å². The lowest BCUT2D eigenvalue weighted by atomic mass is 9.81. The lowest BCUT2D eigenvalue weighted by molar-refractivity contribution is -0.133. The molecule has 0 atom stereocenters. The number of hydrogen-bond donors (Lipinski definition) is 1.